The van der Waals surface area contributed by atoms with Crippen LogP contribution in [0, 0.1) is 0 Å². The Labute approximate surface area is 337 Å². The largest absolute Gasteiger partial charge is 0.456 e. The highest BCUT2D eigenvalue weighted by atomic mass is 16.3. The quantitative estimate of drug-likeness (QED) is 0.170. The molecule has 0 fully saturated rings. The maximum absolute atomic E-state index is 6.49. The topological polar surface area (TPSA) is 53.1 Å². The molecule has 1 aliphatic carbocycles. The van der Waals surface area contributed by atoms with Gasteiger partial charge in [-0.25, -0.2) is 4.98 Å². The van der Waals surface area contributed by atoms with Crippen molar-refractivity contribution in [3.63, 3.8) is 0 Å². The Morgan fingerprint density at radius 2 is 0.966 bits per heavy atom. The summed E-state index contributed by atoms with van der Waals surface area (Å²) in [4.78, 5) is 14.2. The summed E-state index contributed by atoms with van der Waals surface area (Å²) in [5.41, 5.74) is 16.8. The average Bonchev–Trinajstić information content (AvgIpc) is 3.78. The predicted octanol–water partition coefficient (Wildman–Crippen LogP) is 13.5. The van der Waals surface area contributed by atoms with E-state index in [0.717, 1.165) is 67.0 Å². The molecule has 0 saturated carbocycles. The van der Waals surface area contributed by atoms with E-state index in [9.17, 15) is 0 Å². The number of benzene rings is 8. The molecule has 8 aromatic carbocycles. The normalized spacial score (nSPS) is 12.8. The van der Waals surface area contributed by atoms with Crippen molar-refractivity contribution in [3.05, 3.63) is 199 Å². The second-order valence-corrected chi connectivity index (χ2v) is 15.7. The number of aromatic amines is 1. The van der Waals surface area contributed by atoms with Gasteiger partial charge >= 0.3 is 5.82 Å². The van der Waals surface area contributed by atoms with E-state index in [4.69, 9.17) is 14.4 Å². The van der Waals surface area contributed by atoms with Crippen molar-refractivity contribution in [2.45, 2.75) is 19.3 Å². The maximum atomic E-state index is 6.49. The maximum Gasteiger partial charge on any atom is 0.309 e. The Hall–Kier alpha value is -7.43. The molecule has 4 heteroatoms. The van der Waals surface area contributed by atoms with E-state index >= 15 is 0 Å². The molecule has 0 atom stereocenters. The number of rotatable bonds is 6. The number of hydrogen-bond acceptors (Lipinski definition) is 3. The van der Waals surface area contributed by atoms with Gasteiger partial charge < -0.3 is 4.42 Å². The van der Waals surface area contributed by atoms with Crippen LogP contribution in [-0.4, -0.2) is 9.97 Å². The van der Waals surface area contributed by atoms with Crippen molar-refractivity contribution < 1.29 is 9.40 Å². The van der Waals surface area contributed by atoms with Crippen LogP contribution in [0.15, 0.2) is 192 Å². The minimum Gasteiger partial charge on any atom is -0.456 e. The third-order valence-electron chi connectivity index (χ3n) is 11.8. The van der Waals surface area contributed by atoms with E-state index < -0.39 is 0 Å². The van der Waals surface area contributed by atoms with E-state index in [-0.39, 0.29) is 5.41 Å². The zero-order chi connectivity index (χ0) is 38.8. The summed E-state index contributed by atoms with van der Waals surface area (Å²) in [6.07, 6.45) is 0. The lowest BCUT2D eigenvalue weighted by molar-refractivity contribution is -0.359. The first-order valence-electron chi connectivity index (χ1n) is 19.8. The molecule has 0 aliphatic heterocycles. The third kappa shape index (κ3) is 5.56. The summed E-state index contributed by atoms with van der Waals surface area (Å²) in [6, 6.07) is 66.4. The number of nitrogens with zero attached hydrogens (tertiary/aromatic N) is 2. The SMILES string of the molecule is CC1(C)c2ccccc2-c2c(-c3cccc(-c4nc(-c5cccc6oc7ccc(-c8ccc(-c9ccccc9)cc8)cc7c56)nc(-c5ccccc5)[nH+]4)c3)cccc21. The Bertz CT molecular complexity index is 3180. The van der Waals surface area contributed by atoms with Crippen LogP contribution in [0.3, 0.4) is 0 Å². The minimum atomic E-state index is -0.0779. The summed E-state index contributed by atoms with van der Waals surface area (Å²) in [6.45, 7) is 4.66. The number of fused-ring (bicyclic) bond motifs is 6. The number of aromatic nitrogens is 3. The number of furan rings is 1. The number of nitrogens with one attached hydrogen (secondary N) is 1. The standard InChI is InChI=1S/C54H37N3O/c1-54(2)45-23-10-9-20-42(45)49-41(21-12-24-46(49)54)39-18-11-19-40(32-39)52-55-51(37-16-7-4-8-17-37)56-53(57-52)43-22-13-25-48-50(43)44-33-38(30-31-47(44)58-48)36-28-26-35(27-29-36)34-14-5-3-6-15-34/h3-33H,1-2H3/p+1. The summed E-state index contributed by atoms with van der Waals surface area (Å²) < 4.78 is 6.49. The van der Waals surface area contributed by atoms with E-state index in [1.165, 1.54) is 38.9 Å². The van der Waals surface area contributed by atoms with Gasteiger partial charge in [-0.2, -0.15) is 0 Å². The monoisotopic (exact) mass is 744 g/mol. The number of hydrogen-bond donors (Lipinski definition) is 0. The van der Waals surface area contributed by atoms with Gasteiger partial charge in [-0.15, -0.1) is 0 Å². The Balaban J connectivity index is 1.05. The van der Waals surface area contributed by atoms with Gasteiger partial charge in [-0.05, 0) is 104 Å². The lowest BCUT2D eigenvalue weighted by Gasteiger charge is -2.21. The molecule has 274 valence electrons. The second-order valence-electron chi connectivity index (χ2n) is 15.7. The molecule has 1 N–H and O–H groups in total. The zero-order valence-corrected chi connectivity index (χ0v) is 32.2. The van der Waals surface area contributed by atoms with Gasteiger partial charge in [-0.1, -0.05) is 163 Å². The molecule has 0 saturated heterocycles. The van der Waals surface area contributed by atoms with E-state index in [1.807, 2.05) is 36.4 Å². The molecule has 0 spiro atoms. The van der Waals surface area contributed by atoms with Crippen LogP contribution in [0.1, 0.15) is 25.0 Å². The van der Waals surface area contributed by atoms with Gasteiger partial charge in [0.15, 0.2) is 0 Å². The fourth-order valence-corrected chi connectivity index (χ4v) is 8.90. The highest BCUT2D eigenvalue weighted by Gasteiger charge is 2.36. The van der Waals surface area contributed by atoms with Crippen LogP contribution in [0.2, 0.25) is 0 Å². The average molecular weight is 745 g/mol. The Kier molecular flexibility index (Phi) is 7.80. The van der Waals surface area contributed by atoms with E-state index in [0.29, 0.717) is 5.82 Å². The van der Waals surface area contributed by atoms with Gasteiger partial charge in [0, 0.05) is 16.2 Å². The van der Waals surface area contributed by atoms with Crippen LogP contribution in [0.4, 0.5) is 0 Å². The molecule has 0 amide bonds. The summed E-state index contributed by atoms with van der Waals surface area (Å²) in [5.74, 6) is 2.11. The first kappa shape index (κ1) is 33.9. The fraction of sp³-hybridized carbons (Fsp3) is 0.0556. The van der Waals surface area contributed by atoms with Crippen LogP contribution < -0.4 is 4.98 Å². The molecule has 58 heavy (non-hydrogen) atoms. The molecule has 1 aliphatic rings. The van der Waals surface area contributed by atoms with Crippen LogP contribution in [0.5, 0.6) is 0 Å². The third-order valence-corrected chi connectivity index (χ3v) is 11.8. The molecule has 2 heterocycles. The van der Waals surface area contributed by atoms with Crippen molar-refractivity contribution in [1.82, 2.24) is 9.97 Å². The van der Waals surface area contributed by atoms with Crippen molar-refractivity contribution >= 4 is 21.9 Å². The molecule has 4 nitrogen and oxygen atoms in total. The van der Waals surface area contributed by atoms with Crippen LogP contribution in [0.25, 0.3) is 101 Å². The van der Waals surface area contributed by atoms with Gasteiger partial charge in [-0.3, -0.25) is 0 Å². The first-order valence-corrected chi connectivity index (χ1v) is 19.8. The van der Waals surface area contributed by atoms with Crippen LogP contribution in [-0.2, 0) is 5.41 Å². The van der Waals surface area contributed by atoms with Crippen molar-refractivity contribution in [3.8, 4) is 78.7 Å². The number of H-pyrrole nitrogens is 1. The molecular weight excluding hydrogens is 707 g/mol. The van der Waals surface area contributed by atoms with Gasteiger partial charge in [0.1, 0.15) is 11.2 Å². The molecule has 0 unspecified atom stereocenters. The van der Waals surface area contributed by atoms with Crippen molar-refractivity contribution in [2.75, 3.05) is 0 Å². The Morgan fingerprint density at radius 3 is 1.76 bits per heavy atom. The predicted molar refractivity (Wildman–Crippen MR) is 236 cm³/mol. The van der Waals surface area contributed by atoms with E-state index in [1.54, 1.807) is 0 Å². The molecule has 2 aromatic heterocycles. The zero-order valence-electron chi connectivity index (χ0n) is 32.2. The molecular formula is C54H38N3O+. The van der Waals surface area contributed by atoms with Crippen molar-refractivity contribution in [1.29, 1.82) is 0 Å². The van der Waals surface area contributed by atoms with Crippen molar-refractivity contribution in [2.24, 2.45) is 0 Å². The van der Waals surface area contributed by atoms with Gasteiger partial charge in [0.25, 0.3) is 11.6 Å². The smallest absolute Gasteiger partial charge is 0.309 e. The second kappa shape index (κ2) is 13.4. The highest BCUT2D eigenvalue weighted by molar-refractivity contribution is 6.12. The van der Waals surface area contributed by atoms with E-state index in [2.05, 4.69) is 170 Å². The minimum absolute atomic E-state index is 0.0779. The lowest BCUT2D eigenvalue weighted by Crippen LogP contribution is -2.17. The Morgan fingerprint density at radius 1 is 0.414 bits per heavy atom. The summed E-state index contributed by atoms with van der Waals surface area (Å²) in [5, 5.41) is 2.02. The molecule has 0 bridgehead atoms. The van der Waals surface area contributed by atoms with Crippen LogP contribution >= 0.6 is 0 Å². The van der Waals surface area contributed by atoms with Gasteiger partial charge in [0.05, 0.1) is 16.7 Å². The molecule has 11 rings (SSSR count). The molecule has 10 aromatic rings. The van der Waals surface area contributed by atoms with Gasteiger partial charge in [0.2, 0.25) is 0 Å². The highest BCUT2D eigenvalue weighted by Crippen LogP contribution is 2.52. The summed E-state index contributed by atoms with van der Waals surface area (Å²) >= 11 is 0. The first-order chi connectivity index (χ1) is 28.5. The fourth-order valence-electron chi connectivity index (χ4n) is 8.90. The lowest BCUT2D eigenvalue weighted by atomic mass is 9.82. The molecule has 0 radical (unpaired) electrons. The summed E-state index contributed by atoms with van der Waals surface area (Å²) in [7, 11) is 0.